The zero-order valence-corrected chi connectivity index (χ0v) is 24.3. The molecule has 0 radical (unpaired) electrons. The summed E-state index contributed by atoms with van der Waals surface area (Å²) in [6, 6.07) is 30.2. The van der Waals surface area contributed by atoms with Gasteiger partial charge in [0.1, 0.15) is 31.0 Å². The summed E-state index contributed by atoms with van der Waals surface area (Å²) in [4.78, 5) is 25.0. The van der Waals surface area contributed by atoms with E-state index in [-0.39, 0.29) is 20.0 Å². The Labute approximate surface area is 255 Å². The van der Waals surface area contributed by atoms with E-state index >= 15 is 0 Å². The first-order valence-electron chi connectivity index (χ1n) is 14.0. The number of hydrogen-bond donors (Lipinski definition) is 2. The second-order valence-corrected chi connectivity index (χ2v) is 10.2. The molecule has 226 valence electrons. The molecule has 0 fully saturated rings. The number of aryl methyl sites for hydroxylation is 1. The average molecular weight is 583 g/mol. The van der Waals surface area contributed by atoms with Crippen LogP contribution >= 0.6 is 0 Å². The third-order valence-electron chi connectivity index (χ3n) is 7.20. The van der Waals surface area contributed by atoms with E-state index in [2.05, 4.69) is 11.4 Å². The van der Waals surface area contributed by atoms with Crippen molar-refractivity contribution in [1.29, 1.82) is 0 Å². The van der Waals surface area contributed by atoms with Gasteiger partial charge < -0.3 is 25.3 Å². The van der Waals surface area contributed by atoms with Gasteiger partial charge in [0.25, 0.3) is 0 Å². The first-order chi connectivity index (χ1) is 20.4. The predicted octanol–water partition coefficient (Wildman–Crippen LogP) is 5.79. The molecule has 4 rings (SSSR count). The number of carbonyl (C=O) groups excluding carboxylic acids is 2. The van der Waals surface area contributed by atoms with Gasteiger partial charge in [-0.1, -0.05) is 92.4 Å². The van der Waals surface area contributed by atoms with Crippen molar-refractivity contribution < 1.29 is 23.8 Å². The lowest BCUT2D eigenvalue weighted by Gasteiger charge is -2.19. The number of likely N-dealkylation sites (N-methyl/N-ethyl adjacent to an activating group) is 1. The largest absolute Gasteiger partial charge is 0.489 e. The number of ether oxygens (including phenoxy) is 3. The van der Waals surface area contributed by atoms with Gasteiger partial charge in [-0.3, -0.25) is 9.59 Å². The summed E-state index contributed by atoms with van der Waals surface area (Å²) in [6.07, 6.45) is 0.737. The van der Waals surface area contributed by atoms with Crippen molar-refractivity contribution in [2.75, 3.05) is 14.2 Å². The van der Waals surface area contributed by atoms with E-state index in [9.17, 15) is 9.59 Å². The van der Waals surface area contributed by atoms with E-state index in [4.69, 9.17) is 19.9 Å². The highest BCUT2D eigenvalue weighted by Crippen LogP contribution is 2.30. The number of benzene rings is 4. The van der Waals surface area contributed by atoms with E-state index < -0.39 is 18.1 Å². The number of carbonyl (C=O) groups is 2. The summed E-state index contributed by atoms with van der Waals surface area (Å²) in [5.41, 5.74) is 13.0. The van der Waals surface area contributed by atoms with Crippen LogP contribution in [0.25, 0.3) is 11.1 Å². The summed E-state index contributed by atoms with van der Waals surface area (Å²) >= 11 is 0. The zero-order chi connectivity index (χ0) is 29.9. The van der Waals surface area contributed by atoms with Crippen LogP contribution in [-0.4, -0.2) is 38.2 Å². The van der Waals surface area contributed by atoms with Crippen LogP contribution in [-0.2, 0) is 45.1 Å². The molecule has 0 saturated carbocycles. The highest BCUT2D eigenvalue weighted by Gasteiger charge is 2.21. The minimum Gasteiger partial charge on any atom is -0.489 e. The first kappa shape index (κ1) is 33.0. The second kappa shape index (κ2) is 16.2. The third-order valence-corrected chi connectivity index (χ3v) is 7.20. The Bertz CT molecular complexity index is 1470. The number of methoxy groups -OCH3 is 1. The monoisotopic (exact) mass is 582 g/mol. The summed E-state index contributed by atoms with van der Waals surface area (Å²) < 4.78 is 16.7. The number of hydrogen-bond acceptors (Lipinski definition) is 7. The van der Waals surface area contributed by atoms with Crippen LogP contribution in [0.15, 0.2) is 97.1 Å². The molecule has 0 heterocycles. The standard InChI is InChI=1S/C35H38N2O5.CH4/c1-24-14-15-27(18-29(24)20-31(36)34(38)42-23-26-12-8-5-9-13-26)28-16-17-33(41-22-25-10-6-4-7-11-25)30(19-28)21-32(37-2)35(39)40-3;/h4-19,31-32,37H,20-23,36H2,1-3H3;1H4/t31-,32-;/m0./s1. The Morgan fingerprint density at radius 3 is 1.95 bits per heavy atom. The van der Waals surface area contributed by atoms with Gasteiger partial charge in [-0.05, 0) is 71.5 Å². The van der Waals surface area contributed by atoms with Gasteiger partial charge >= 0.3 is 11.9 Å². The molecule has 0 saturated heterocycles. The van der Waals surface area contributed by atoms with Gasteiger partial charge in [-0.2, -0.15) is 0 Å². The van der Waals surface area contributed by atoms with Gasteiger partial charge in [-0.25, -0.2) is 0 Å². The van der Waals surface area contributed by atoms with E-state index in [1.807, 2.05) is 97.9 Å². The maximum absolute atomic E-state index is 12.6. The molecule has 43 heavy (non-hydrogen) atoms. The molecule has 4 aromatic rings. The highest BCUT2D eigenvalue weighted by molar-refractivity contribution is 5.77. The quantitative estimate of drug-likeness (QED) is 0.192. The Morgan fingerprint density at radius 2 is 1.35 bits per heavy atom. The average Bonchev–Trinajstić information content (AvgIpc) is 3.03. The summed E-state index contributed by atoms with van der Waals surface area (Å²) in [6.45, 7) is 2.59. The smallest absolute Gasteiger partial charge is 0.323 e. The van der Waals surface area contributed by atoms with Crippen LogP contribution in [0, 0.1) is 6.92 Å². The topological polar surface area (TPSA) is 99.9 Å². The number of nitrogens with two attached hydrogens (primary N) is 1. The molecule has 7 heteroatoms. The number of rotatable bonds is 13. The van der Waals surface area contributed by atoms with Crippen molar-refractivity contribution in [3.05, 3.63) is 125 Å². The molecule has 0 amide bonds. The normalized spacial score (nSPS) is 12.0. The lowest BCUT2D eigenvalue weighted by atomic mass is 9.94. The molecule has 7 nitrogen and oxygen atoms in total. The zero-order valence-electron chi connectivity index (χ0n) is 24.3. The highest BCUT2D eigenvalue weighted by atomic mass is 16.5. The van der Waals surface area contributed by atoms with Gasteiger partial charge in [0.05, 0.1) is 7.11 Å². The number of esters is 2. The predicted molar refractivity (Wildman–Crippen MR) is 171 cm³/mol. The van der Waals surface area contributed by atoms with Crippen LogP contribution in [0.1, 0.15) is 35.2 Å². The molecule has 0 aliphatic rings. The van der Waals surface area contributed by atoms with E-state index in [1.54, 1.807) is 7.05 Å². The Hall–Kier alpha value is -4.46. The van der Waals surface area contributed by atoms with Crippen LogP contribution in [0.5, 0.6) is 5.75 Å². The molecular formula is C36H42N2O5. The van der Waals surface area contributed by atoms with E-state index in [0.29, 0.717) is 25.2 Å². The molecule has 0 aliphatic carbocycles. The Balaban J connectivity index is 0.00000506. The van der Waals surface area contributed by atoms with Crippen molar-refractivity contribution in [2.45, 2.75) is 52.5 Å². The lowest BCUT2D eigenvalue weighted by molar-refractivity contribution is -0.146. The molecule has 4 aromatic carbocycles. The molecule has 0 aromatic heterocycles. The second-order valence-electron chi connectivity index (χ2n) is 10.2. The molecular weight excluding hydrogens is 540 g/mol. The fraction of sp³-hybridized carbons (Fsp3) is 0.278. The van der Waals surface area contributed by atoms with Crippen molar-refractivity contribution in [3.63, 3.8) is 0 Å². The maximum Gasteiger partial charge on any atom is 0.323 e. The van der Waals surface area contributed by atoms with E-state index in [1.165, 1.54) is 7.11 Å². The van der Waals surface area contributed by atoms with E-state index in [0.717, 1.165) is 38.9 Å². The van der Waals surface area contributed by atoms with Gasteiger partial charge in [-0.15, -0.1) is 0 Å². The van der Waals surface area contributed by atoms with Crippen LogP contribution < -0.4 is 15.8 Å². The van der Waals surface area contributed by atoms with Gasteiger partial charge in [0.15, 0.2) is 0 Å². The van der Waals surface area contributed by atoms with Crippen LogP contribution in [0.2, 0.25) is 0 Å². The third kappa shape index (κ3) is 9.26. The van der Waals surface area contributed by atoms with Crippen molar-refractivity contribution in [2.24, 2.45) is 5.73 Å². The Morgan fingerprint density at radius 1 is 0.767 bits per heavy atom. The summed E-state index contributed by atoms with van der Waals surface area (Å²) in [5.74, 6) is -0.0864. The molecule has 0 aliphatic heterocycles. The van der Waals surface area contributed by atoms with Crippen molar-refractivity contribution in [1.82, 2.24) is 5.32 Å². The van der Waals surface area contributed by atoms with Crippen LogP contribution in [0.4, 0.5) is 0 Å². The number of nitrogens with one attached hydrogen (secondary N) is 1. The minimum atomic E-state index is -0.788. The Kier molecular flexibility index (Phi) is 12.5. The molecule has 3 N–H and O–H groups in total. The fourth-order valence-electron chi connectivity index (χ4n) is 4.69. The first-order valence-corrected chi connectivity index (χ1v) is 14.0. The van der Waals surface area contributed by atoms with Gasteiger partial charge in [0.2, 0.25) is 0 Å². The van der Waals surface area contributed by atoms with Crippen molar-refractivity contribution >= 4 is 11.9 Å². The lowest BCUT2D eigenvalue weighted by Crippen LogP contribution is -2.37. The summed E-state index contributed by atoms with van der Waals surface area (Å²) in [7, 11) is 3.11. The molecule has 0 spiro atoms. The molecule has 0 bridgehead atoms. The van der Waals surface area contributed by atoms with Crippen LogP contribution in [0.3, 0.4) is 0 Å². The van der Waals surface area contributed by atoms with Crippen molar-refractivity contribution in [3.8, 4) is 16.9 Å². The molecule has 0 unspecified atom stereocenters. The summed E-state index contributed by atoms with van der Waals surface area (Å²) in [5, 5.41) is 3.04. The SMILES string of the molecule is C.CN[C@@H](Cc1cc(-c2ccc(C)c(C[C@H](N)C(=O)OCc3ccccc3)c2)ccc1OCc1ccccc1)C(=O)OC. The fourth-order valence-corrected chi connectivity index (χ4v) is 4.69. The molecule has 2 atom stereocenters. The minimum absolute atomic E-state index is 0. The van der Waals surface area contributed by atoms with Gasteiger partial charge in [0, 0.05) is 6.42 Å². The maximum atomic E-state index is 12.6.